The van der Waals surface area contributed by atoms with Crippen molar-refractivity contribution < 1.29 is 9.53 Å². The van der Waals surface area contributed by atoms with E-state index in [0.29, 0.717) is 17.1 Å². The number of ether oxygens (including phenoxy) is 1. The van der Waals surface area contributed by atoms with Crippen LogP contribution in [0, 0.1) is 0 Å². The molecule has 1 aliphatic rings. The Labute approximate surface area is 121 Å². The number of carbonyl (C=O) groups is 1. The molecule has 1 aromatic heterocycles. The summed E-state index contributed by atoms with van der Waals surface area (Å²) in [6.07, 6.45) is 2.06. The van der Waals surface area contributed by atoms with Gasteiger partial charge in [-0.2, -0.15) is 0 Å². The number of benzene rings is 1. The number of carbonyl (C=O) groups excluding carboxylic acids is 1. The van der Waals surface area contributed by atoms with E-state index in [1.807, 2.05) is 31.2 Å². The fraction of sp³-hybridized carbons (Fsp3) is 0.400. The molecule has 0 radical (unpaired) electrons. The number of nitrogens with two attached hydrogens (primary N) is 1. The zero-order chi connectivity index (χ0) is 14.2. The molecular formula is C15H18N2O2S. The minimum Gasteiger partial charge on any atom is -0.399 e. The van der Waals surface area contributed by atoms with Crippen LogP contribution in [0.2, 0.25) is 0 Å². The third-order valence-corrected chi connectivity index (χ3v) is 4.80. The lowest BCUT2D eigenvalue weighted by molar-refractivity contribution is 0.0206. The number of nitrogen functional groups attached to an aromatic ring is 1. The van der Waals surface area contributed by atoms with Crippen molar-refractivity contribution >= 4 is 33.0 Å². The first-order chi connectivity index (χ1) is 9.56. The van der Waals surface area contributed by atoms with Crippen molar-refractivity contribution in [1.82, 2.24) is 5.32 Å². The quantitative estimate of drug-likeness (QED) is 0.854. The van der Waals surface area contributed by atoms with Crippen molar-refractivity contribution in [2.24, 2.45) is 0 Å². The third kappa shape index (κ3) is 2.64. The lowest BCUT2D eigenvalue weighted by Crippen LogP contribution is -2.39. The molecule has 2 heterocycles. The fourth-order valence-electron chi connectivity index (χ4n) is 2.50. The molecule has 0 aliphatic carbocycles. The predicted molar refractivity (Wildman–Crippen MR) is 82.2 cm³/mol. The van der Waals surface area contributed by atoms with Crippen LogP contribution >= 0.6 is 11.3 Å². The lowest BCUT2D eigenvalue weighted by Gasteiger charge is -2.23. The van der Waals surface area contributed by atoms with E-state index in [4.69, 9.17) is 10.5 Å². The highest BCUT2D eigenvalue weighted by Crippen LogP contribution is 2.28. The monoisotopic (exact) mass is 290 g/mol. The van der Waals surface area contributed by atoms with Gasteiger partial charge in [0.15, 0.2) is 0 Å². The van der Waals surface area contributed by atoms with E-state index in [0.717, 1.165) is 29.5 Å². The summed E-state index contributed by atoms with van der Waals surface area (Å²) in [5.41, 5.74) is 6.26. The summed E-state index contributed by atoms with van der Waals surface area (Å²) in [6.45, 7) is 3.39. The molecular weight excluding hydrogens is 272 g/mol. The lowest BCUT2D eigenvalue weighted by atomic mass is 10.0. The maximum atomic E-state index is 12.2. The van der Waals surface area contributed by atoms with Crippen LogP contribution in [0.3, 0.4) is 0 Å². The maximum absolute atomic E-state index is 12.2. The minimum atomic E-state index is -0.212. The highest BCUT2D eigenvalue weighted by molar-refractivity contribution is 7.20. The number of anilines is 1. The number of hydrogen-bond donors (Lipinski definition) is 2. The topological polar surface area (TPSA) is 64.4 Å². The van der Waals surface area contributed by atoms with Crippen LogP contribution in [0.1, 0.15) is 29.4 Å². The van der Waals surface area contributed by atoms with Crippen molar-refractivity contribution in [3.05, 3.63) is 29.1 Å². The summed E-state index contributed by atoms with van der Waals surface area (Å²) >= 11 is 1.49. The number of fused-ring (bicyclic) bond motifs is 1. The fourth-order valence-corrected chi connectivity index (χ4v) is 3.46. The molecule has 1 atom stereocenters. The van der Waals surface area contributed by atoms with Gasteiger partial charge in [-0.3, -0.25) is 4.79 Å². The molecule has 1 saturated heterocycles. The number of thiophene rings is 1. The SMILES string of the molecule is CC1(CNC(=O)c2cc3cc(N)ccc3s2)CCCO1. The van der Waals surface area contributed by atoms with Gasteiger partial charge in [-0.05, 0) is 49.4 Å². The Morgan fingerprint density at radius 2 is 2.35 bits per heavy atom. The van der Waals surface area contributed by atoms with Crippen LogP contribution in [-0.2, 0) is 4.74 Å². The van der Waals surface area contributed by atoms with E-state index < -0.39 is 0 Å². The number of rotatable bonds is 3. The van der Waals surface area contributed by atoms with Gasteiger partial charge in [-0.25, -0.2) is 0 Å². The zero-order valence-electron chi connectivity index (χ0n) is 11.4. The van der Waals surface area contributed by atoms with Crippen LogP contribution in [0.15, 0.2) is 24.3 Å². The normalized spacial score (nSPS) is 22.2. The summed E-state index contributed by atoms with van der Waals surface area (Å²) in [7, 11) is 0. The van der Waals surface area contributed by atoms with E-state index >= 15 is 0 Å². The third-order valence-electron chi connectivity index (χ3n) is 3.69. The average molecular weight is 290 g/mol. The van der Waals surface area contributed by atoms with Crippen molar-refractivity contribution in [3.63, 3.8) is 0 Å². The Morgan fingerprint density at radius 1 is 1.50 bits per heavy atom. The average Bonchev–Trinajstić information content (AvgIpc) is 3.02. The van der Waals surface area contributed by atoms with Gasteiger partial charge in [0.1, 0.15) is 0 Å². The molecule has 3 N–H and O–H groups in total. The first-order valence-electron chi connectivity index (χ1n) is 6.77. The first-order valence-corrected chi connectivity index (χ1v) is 7.59. The molecule has 5 heteroatoms. The summed E-state index contributed by atoms with van der Waals surface area (Å²) in [6, 6.07) is 7.59. The molecule has 0 spiro atoms. The van der Waals surface area contributed by atoms with Crippen LogP contribution in [0.4, 0.5) is 5.69 Å². The highest BCUT2D eigenvalue weighted by atomic mass is 32.1. The Balaban J connectivity index is 1.72. The van der Waals surface area contributed by atoms with Crippen molar-refractivity contribution in [3.8, 4) is 0 Å². The van der Waals surface area contributed by atoms with E-state index in [1.54, 1.807) is 0 Å². The van der Waals surface area contributed by atoms with Crippen LogP contribution in [0.5, 0.6) is 0 Å². The van der Waals surface area contributed by atoms with Gasteiger partial charge in [0.25, 0.3) is 5.91 Å². The molecule has 3 rings (SSSR count). The van der Waals surface area contributed by atoms with Crippen LogP contribution < -0.4 is 11.1 Å². The van der Waals surface area contributed by atoms with Crippen molar-refractivity contribution in [2.75, 3.05) is 18.9 Å². The van der Waals surface area contributed by atoms with Gasteiger partial charge in [0.05, 0.1) is 10.5 Å². The molecule has 20 heavy (non-hydrogen) atoms. The minimum absolute atomic E-state index is 0.0403. The standard InChI is InChI=1S/C15H18N2O2S/c1-15(5-2-6-19-15)9-17-14(18)13-8-10-7-11(16)3-4-12(10)20-13/h3-4,7-8H,2,5-6,9,16H2,1H3,(H,17,18). The predicted octanol–water partition coefficient (Wildman–Crippen LogP) is 2.78. The zero-order valence-corrected chi connectivity index (χ0v) is 12.3. The number of nitrogens with one attached hydrogen (secondary N) is 1. The van der Waals surface area contributed by atoms with Gasteiger partial charge in [0.2, 0.25) is 0 Å². The largest absolute Gasteiger partial charge is 0.399 e. The second-order valence-electron chi connectivity index (χ2n) is 5.49. The molecule has 0 bridgehead atoms. The maximum Gasteiger partial charge on any atom is 0.261 e. The van der Waals surface area contributed by atoms with E-state index in [-0.39, 0.29) is 11.5 Å². The van der Waals surface area contributed by atoms with Gasteiger partial charge in [-0.1, -0.05) is 0 Å². The Hall–Kier alpha value is -1.59. The summed E-state index contributed by atoms with van der Waals surface area (Å²) in [5.74, 6) is -0.0403. The molecule has 1 amide bonds. The number of hydrogen-bond acceptors (Lipinski definition) is 4. The van der Waals surface area contributed by atoms with Crippen LogP contribution in [-0.4, -0.2) is 24.7 Å². The van der Waals surface area contributed by atoms with Crippen molar-refractivity contribution in [1.29, 1.82) is 0 Å². The second kappa shape index (κ2) is 5.07. The Bertz CT molecular complexity index is 644. The molecule has 4 nitrogen and oxygen atoms in total. The summed E-state index contributed by atoms with van der Waals surface area (Å²) in [5, 5.41) is 3.99. The molecule has 106 valence electrons. The van der Waals surface area contributed by atoms with Gasteiger partial charge < -0.3 is 15.8 Å². The summed E-state index contributed by atoms with van der Waals surface area (Å²) in [4.78, 5) is 12.9. The Kier molecular flexibility index (Phi) is 3.40. The Morgan fingerprint density at radius 3 is 3.10 bits per heavy atom. The smallest absolute Gasteiger partial charge is 0.261 e. The molecule has 1 aromatic carbocycles. The molecule has 0 saturated carbocycles. The number of amides is 1. The molecule has 1 aliphatic heterocycles. The van der Waals surface area contributed by atoms with Crippen molar-refractivity contribution in [2.45, 2.75) is 25.4 Å². The van der Waals surface area contributed by atoms with Gasteiger partial charge >= 0.3 is 0 Å². The molecule has 1 unspecified atom stereocenters. The second-order valence-corrected chi connectivity index (χ2v) is 6.58. The van der Waals surface area contributed by atoms with E-state index in [2.05, 4.69) is 5.32 Å². The van der Waals surface area contributed by atoms with Crippen LogP contribution in [0.25, 0.3) is 10.1 Å². The molecule has 2 aromatic rings. The van der Waals surface area contributed by atoms with E-state index in [1.165, 1.54) is 11.3 Å². The van der Waals surface area contributed by atoms with Gasteiger partial charge in [0, 0.05) is 23.5 Å². The highest BCUT2D eigenvalue weighted by Gasteiger charge is 2.30. The summed E-state index contributed by atoms with van der Waals surface area (Å²) < 4.78 is 6.75. The molecule has 1 fully saturated rings. The first kappa shape index (κ1) is 13.4. The van der Waals surface area contributed by atoms with E-state index in [9.17, 15) is 4.79 Å². The van der Waals surface area contributed by atoms with Gasteiger partial charge in [-0.15, -0.1) is 11.3 Å².